The molecular weight excluding hydrogens is 296 g/mol. The lowest BCUT2D eigenvalue weighted by atomic mass is 9.96. The lowest BCUT2D eigenvalue weighted by molar-refractivity contribution is -0.145. The maximum absolute atomic E-state index is 12.3. The number of carboxylic acids is 1. The van der Waals surface area contributed by atoms with Crippen molar-refractivity contribution in [2.45, 2.75) is 39.8 Å². The summed E-state index contributed by atoms with van der Waals surface area (Å²) in [5.41, 5.74) is -0.782. The first-order valence-electron chi connectivity index (χ1n) is 7.61. The van der Waals surface area contributed by atoms with E-state index in [-0.39, 0.29) is 24.9 Å². The fourth-order valence-corrected chi connectivity index (χ4v) is 3.63. The molecule has 0 saturated heterocycles. The first kappa shape index (κ1) is 15.5. The summed E-state index contributed by atoms with van der Waals surface area (Å²) in [6.07, 6.45) is 10.5. The fourth-order valence-electron chi connectivity index (χ4n) is 3.63. The van der Waals surface area contributed by atoms with Gasteiger partial charge >= 0.3 is 11.7 Å². The van der Waals surface area contributed by atoms with Crippen LogP contribution in [0, 0.1) is 29.1 Å². The Morgan fingerprint density at radius 1 is 1.52 bits per heavy atom. The zero-order valence-corrected chi connectivity index (χ0v) is 13.2. The van der Waals surface area contributed by atoms with Crippen molar-refractivity contribution in [3.8, 4) is 18.2 Å². The Labute approximate surface area is 134 Å². The van der Waals surface area contributed by atoms with Crippen LogP contribution in [0.2, 0.25) is 0 Å². The predicted octanol–water partition coefficient (Wildman–Crippen LogP) is 1.44. The summed E-state index contributed by atoms with van der Waals surface area (Å²) in [5, 5.41) is 19.9. The molecule has 3 rings (SSSR count). The minimum Gasteiger partial charge on any atom is -0.493 e. The van der Waals surface area contributed by atoms with Crippen molar-refractivity contribution in [1.82, 2.24) is 9.13 Å². The molecule has 1 aromatic rings. The molecule has 2 fully saturated rings. The molecule has 23 heavy (non-hydrogen) atoms. The fraction of sp³-hybridized carbons (Fsp3) is 0.529. The van der Waals surface area contributed by atoms with Gasteiger partial charge < -0.3 is 10.2 Å². The second-order valence-electron chi connectivity index (χ2n) is 6.99. The number of carboxylic acid groups (broad SMARTS) is 1. The van der Waals surface area contributed by atoms with Gasteiger partial charge in [-0.25, -0.2) is 4.79 Å². The van der Waals surface area contributed by atoms with Gasteiger partial charge in [-0.1, -0.05) is 31.4 Å². The van der Waals surface area contributed by atoms with Gasteiger partial charge in [0.25, 0.3) is 0 Å². The van der Waals surface area contributed by atoms with Crippen LogP contribution < -0.4 is 5.69 Å². The molecule has 2 aliphatic rings. The van der Waals surface area contributed by atoms with Gasteiger partial charge in [-0.3, -0.25) is 13.9 Å². The highest BCUT2D eigenvalue weighted by Crippen LogP contribution is 2.71. The zero-order chi connectivity index (χ0) is 17.0. The van der Waals surface area contributed by atoms with Crippen molar-refractivity contribution in [3.63, 3.8) is 0 Å². The number of nitrogens with zero attached hydrogens (tertiary/aromatic N) is 2. The number of carbonyl (C=O) groups is 1. The SMILES string of the molecule is C#CCn1cc(O)n(C[C@@]2(C(=O)O)[C@H](C=C3CC3)C2(C)C)c1=O. The molecule has 6 heteroatoms. The van der Waals surface area contributed by atoms with E-state index in [9.17, 15) is 19.8 Å². The van der Waals surface area contributed by atoms with Crippen molar-refractivity contribution in [2.24, 2.45) is 16.7 Å². The van der Waals surface area contributed by atoms with Gasteiger partial charge in [-0.05, 0) is 18.3 Å². The molecule has 6 nitrogen and oxygen atoms in total. The third kappa shape index (κ3) is 2.11. The van der Waals surface area contributed by atoms with E-state index in [0.717, 1.165) is 17.4 Å². The van der Waals surface area contributed by atoms with Gasteiger partial charge in [0.1, 0.15) is 0 Å². The standard InChI is InChI=1S/C17H20N2O4/c1-4-7-18-9-13(20)19(15(18)23)10-17(14(21)22)12(16(17,2)3)8-11-5-6-11/h1,8-9,12,20H,5-7,10H2,2-3H3,(H,21,22)/t12-,17+/m1/s1. The number of aromatic hydroxyl groups is 1. The summed E-state index contributed by atoms with van der Waals surface area (Å²) >= 11 is 0. The Morgan fingerprint density at radius 3 is 2.70 bits per heavy atom. The first-order valence-corrected chi connectivity index (χ1v) is 7.61. The van der Waals surface area contributed by atoms with E-state index in [1.54, 1.807) is 0 Å². The van der Waals surface area contributed by atoms with Crippen LogP contribution in [0.3, 0.4) is 0 Å². The topological polar surface area (TPSA) is 84.5 Å². The third-order valence-corrected chi connectivity index (χ3v) is 5.39. The van der Waals surface area contributed by atoms with Crippen LogP contribution in [0.5, 0.6) is 5.88 Å². The number of terminal acetylenes is 1. The minimum absolute atomic E-state index is 0.0380. The first-order chi connectivity index (χ1) is 10.8. The molecule has 2 atom stereocenters. The highest BCUT2D eigenvalue weighted by Gasteiger charge is 2.75. The number of allylic oxidation sites excluding steroid dienone is 2. The Balaban J connectivity index is 2.00. The number of rotatable bonds is 5. The van der Waals surface area contributed by atoms with Crippen LogP contribution in [-0.4, -0.2) is 25.3 Å². The number of hydrogen-bond donors (Lipinski definition) is 2. The second-order valence-corrected chi connectivity index (χ2v) is 6.99. The van der Waals surface area contributed by atoms with Crippen LogP contribution in [0.1, 0.15) is 26.7 Å². The Bertz CT molecular complexity index is 800. The van der Waals surface area contributed by atoms with E-state index in [1.807, 2.05) is 19.9 Å². The van der Waals surface area contributed by atoms with Gasteiger partial charge in [-0.15, -0.1) is 6.42 Å². The monoisotopic (exact) mass is 316 g/mol. The quantitative estimate of drug-likeness (QED) is 0.636. The summed E-state index contributed by atoms with van der Waals surface area (Å²) in [7, 11) is 0. The molecule has 0 aliphatic heterocycles. The van der Waals surface area contributed by atoms with Crippen molar-refractivity contribution < 1.29 is 15.0 Å². The van der Waals surface area contributed by atoms with Crippen LogP contribution in [0.25, 0.3) is 0 Å². The lowest BCUT2D eigenvalue weighted by Crippen LogP contribution is -2.33. The molecule has 1 heterocycles. The molecule has 0 unspecified atom stereocenters. The Morgan fingerprint density at radius 2 is 2.17 bits per heavy atom. The van der Waals surface area contributed by atoms with E-state index in [4.69, 9.17) is 6.42 Å². The molecular formula is C17H20N2O4. The van der Waals surface area contributed by atoms with Crippen LogP contribution in [-0.2, 0) is 17.9 Å². The average molecular weight is 316 g/mol. The van der Waals surface area contributed by atoms with Crippen molar-refractivity contribution >= 4 is 5.97 Å². The molecule has 0 spiro atoms. The van der Waals surface area contributed by atoms with Crippen LogP contribution >= 0.6 is 0 Å². The molecule has 1 aromatic heterocycles. The van der Waals surface area contributed by atoms with Gasteiger partial charge in [-0.2, -0.15) is 0 Å². The van der Waals surface area contributed by atoms with Gasteiger partial charge in [0, 0.05) is 12.5 Å². The average Bonchev–Trinajstić information content (AvgIpc) is 3.33. The molecule has 2 aliphatic carbocycles. The van der Waals surface area contributed by atoms with Gasteiger partial charge in [0.15, 0.2) is 0 Å². The number of aliphatic carboxylic acids is 1. The van der Waals surface area contributed by atoms with E-state index < -0.39 is 22.5 Å². The Kier molecular flexibility index (Phi) is 3.22. The summed E-state index contributed by atoms with van der Waals surface area (Å²) in [6.45, 7) is 3.76. The van der Waals surface area contributed by atoms with Crippen molar-refractivity contribution in [1.29, 1.82) is 0 Å². The molecule has 2 saturated carbocycles. The Hall–Kier alpha value is -2.42. The lowest BCUT2D eigenvalue weighted by Gasteiger charge is -2.16. The molecule has 0 radical (unpaired) electrons. The van der Waals surface area contributed by atoms with E-state index in [2.05, 4.69) is 5.92 Å². The maximum Gasteiger partial charge on any atom is 0.331 e. The highest BCUT2D eigenvalue weighted by molar-refractivity contribution is 5.81. The van der Waals surface area contributed by atoms with E-state index in [0.29, 0.717) is 0 Å². The normalized spacial score (nSPS) is 27.3. The van der Waals surface area contributed by atoms with Crippen molar-refractivity contribution in [2.75, 3.05) is 0 Å². The third-order valence-electron chi connectivity index (χ3n) is 5.39. The van der Waals surface area contributed by atoms with Gasteiger partial charge in [0.05, 0.1) is 18.2 Å². The summed E-state index contributed by atoms with van der Waals surface area (Å²) < 4.78 is 2.31. The van der Waals surface area contributed by atoms with Gasteiger partial charge in [0.2, 0.25) is 5.88 Å². The molecule has 0 amide bonds. The molecule has 0 bridgehead atoms. The summed E-state index contributed by atoms with van der Waals surface area (Å²) in [4.78, 5) is 24.3. The minimum atomic E-state index is -1.09. The van der Waals surface area contributed by atoms with Crippen LogP contribution in [0.15, 0.2) is 22.6 Å². The van der Waals surface area contributed by atoms with Crippen LogP contribution in [0.4, 0.5) is 0 Å². The number of imidazole rings is 1. The number of hydrogen-bond acceptors (Lipinski definition) is 3. The molecule has 0 aromatic carbocycles. The summed E-state index contributed by atoms with van der Waals surface area (Å²) in [6, 6.07) is 0. The predicted molar refractivity (Wildman–Crippen MR) is 83.8 cm³/mol. The number of aromatic nitrogens is 2. The summed E-state index contributed by atoms with van der Waals surface area (Å²) in [5.74, 6) is 0.991. The van der Waals surface area contributed by atoms with E-state index >= 15 is 0 Å². The smallest absolute Gasteiger partial charge is 0.331 e. The molecule has 2 N–H and O–H groups in total. The van der Waals surface area contributed by atoms with Crippen molar-refractivity contribution in [3.05, 3.63) is 28.3 Å². The largest absolute Gasteiger partial charge is 0.493 e. The van der Waals surface area contributed by atoms with E-state index in [1.165, 1.54) is 16.3 Å². The molecule has 122 valence electrons. The highest BCUT2D eigenvalue weighted by atomic mass is 16.4. The zero-order valence-electron chi connectivity index (χ0n) is 13.2. The maximum atomic E-state index is 12.3. The second kappa shape index (κ2) is 4.79.